The molecule has 5 heteroatoms. The maximum Gasteiger partial charge on any atom is 0.261 e. The minimum absolute atomic E-state index is 0.0684. The topological polar surface area (TPSA) is 34.1 Å². The van der Waals surface area contributed by atoms with E-state index >= 15 is 0 Å². The average Bonchev–Trinajstić information content (AvgIpc) is 2.15. The summed E-state index contributed by atoms with van der Waals surface area (Å²) in [5.74, 6) is -0.490. The standard InChI is InChI=1S/C10H6ClFO2S/c11-15(13,14)10-3-1-2-7-4-5-8(12)6-9(7)10/h1-6H. The van der Waals surface area contributed by atoms with Crippen LogP contribution < -0.4 is 0 Å². The van der Waals surface area contributed by atoms with Gasteiger partial charge in [0, 0.05) is 16.1 Å². The van der Waals surface area contributed by atoms with Crippen LogP contribution in [0.15, 0.2) is 41.3 Å². The van der Waals surface area contributed by atoms with Crippen molar-refractivity contribution in [3.8, 4) is 0 Å². The molecule has 0 radical (unpaired) electrons. The van der Waals surface area contributed by atoms with Gasteiger partial charge >= 0.3 is 0 Å². The smallest absolute Gasteiger partial charge is 0.207 e. The first-order valence-electron chi connectivity index (χ1n) is 4.11. The van der Waals surface area contributed by atoms with Crippen molar-refractivity contribution < 1.29 is 12.8 Å². The molecule has 2 aromatic rings. The van der Waals surface area contributed by atoms with Crippen LogP contribution in [0.1, 0.15) is 0 Å². The maximum atomic E-state index is 13.0. The predicted molar refractivity (Wildman–Crippen MR) is 56.9 cm³/mol. The highest BCUT2D eigenvalue weighted by Gasteiger charge is 2.13. The SMILES string of the molecule is O=S(=O)(Cl)c1cccc2ccc(F)cc12. The molecule has 2 rings (SSSR count). The molecule has 0 aliphatic rings. The Balaban J connectivity index is 2.92. The summed E-state index contributed by atoms with van der Waals surface area (Å²) in [6.45, 7) is 0. The van der Waals surface area contributed by atoms with Crippen LogP contribution in [-0.2, 0) is 9.05 Å². The summed E-state index contributed by atoms with van der Waals surface area (Å²) in [7, 11) is 1.40. The Kier molecular flexibility index (Phi) is 2.40. The molecule has 15 heavy (non-hydrogen) atoms. The van der Waals surface area contributed by atoms with Crippen molar-refractivity contribution in [1.82, 2.24) is 0 Å². The first-order chi connectivity index (χ1) is 6.98. The van der Waals surface area contributed by atoms with E-state index in [2.05, 4.69) is 0 Å². The Labute approximate surface area is 90.7 Å². The molecule has 0 amide bonds. The van der Waals surface area contributed by atoms with Gasteiger partial charge in [0.05, 0.1) is 4.90 Å². The zero-order valence-electron chi connectivity index (χ0n) is 7.44. The number of fused-ring (bicyclic) bond motifs is 1. The summed E-state index contributed by atoms with van der Waals surface area (Å²) < 4.78 is 35.4. The third-order valence-corrected chi connectivity index (χ3v) is 3.45. The molecule has 0 saturated heterocycles. The van der Waals surface area contributed by atoms with E-state index < -0.39 is 14.9 Å². The Morgan fingerprint density at radius 1 is 1.13 bits per heavy atom. The fraction of sp³-hybridized carbons (Fsp3) is 0. The molecule has 0 aromatic heterocycles. The highest BCUT2D eigenvalue weighted by Crippen LogP contribution is 2.26. The summed E-state index contributed by atoms with van der Waals surface area (Å²) in [6, 6.07) is 8.55. The molecule has 0 aliphatic heterocycles. The van der Waals surface area contributed by atoms with E-state index in [4.69, 9.17) is 10.7 Å². The Hall–Kier alpha value is -1.13. The molecule has 0 bridgehead atoms. The van der Waals surface area contributed by atoms with Gasteiger partial charge in [0.2, 0.25) is 0 Å². The number of benzene rings is 2. The summed E-state index contributed by atoms with van der Waals surface area (Å²) >= 11 is 0. The molecule has 0 spiro atoms. The molecule has 0 aliphatic carbocycles. The van der Waals surface area contributed by atoms with Crippen LogP contribution >= 0.6 is 10.7 Å². The van der Waals surface area contributed by atoms with E-state index in [1.54, 1.807) is 12.1 Å². The van der Waals surface area contributed by atoms with Gasteiger partial charge in [0.15, 0.2) is 0 Å². The second kappa shape index (κ2) is 3.47. The van der Waals surface area contributed by atoms with Gasteiger partial charge in [-0.25, -0.2) is 12.8 Å². The van der Waals surface area contributed by atoms with Crippen LogP contribution in [-0.4, -0.2) is 8.42 Å². The van der Waals surface area contributed by atoms with E-state index in [9.17, 15) is 12.8 Å². The Morgan fingerprint density at radius 2 is 1.87 bits per heavy atom. The third-order valence-electron chi connectivity index (χ3n) is 2.07. The minimum Gasteiger partial charge on any atom is -0.207 e. The highest BCUT2D eigenvalue weighted by molar-refractivity contribution is 8.14. The van der Waals surface area contributed by atoms with Crippen LogP contribution in [0.2, 0.25) is 0 Å². The molecular formula is C10H6ClFO2S. The minimum atomic E-state index is -3.84. The van der Waals surface area contributed by atoms with Crippen LogP contribution in [0.5, 0.6) is 0 Å². The van der Waals surface area contributed by atoms with E-state index in [1.165, 1.54) is 18.2 Å². The van der Waals surface area contributed by atoms with Gasteiger partial charge in [0.25, 0.3) is 9.05 Å². The second-order valence-corrected chi connectivity index (χ2v) is 5.59. The van der Waals surface area contributed by atoms with Crippen molar-refractivity contribution in [2.45, 2.75) is 4.90 Å². The Morgan fingerprint density at radius 3 is 2.53 bits per heavy atom. The summed E-state index contributed by atoms with van der Waals surface area (Å²) in [5.41, 5.74) is 0. The average molecular weight is 245 g/mol. The molecule has 0 fully saturated rings. The fourth-order valence-electron chi connectivity index (χ4n) is 1.43. The van der Waals surface area contributed by atoms with Crippen molar-refractivity contribution in [3.05, 3.63) is 42.2 Å². The number of hydrogen-bond acceptors (Lipinski definition) is 2. The predicted octanol–water partition coefficient (Wildman–Crippen LogP) is 2.91. The Bertz CT molecular complexity index is 622. The quantitative estimate of drug-likeness (QED) is 0.723. The summed E-state index contributed by atoms with van der Waals surface area (Å²) in [4.78, 5) is -0.0684. The lowest BCUT2D eigenvalue weighted by molar-refractivity contribution is 0.610. The zero-order chi connectivity index (χ0) is 11.1. The lowest BCUT2D eigenvalue weighted by Gasteiger charge is -2.02. The number of rotatable bonds is 1. The molecule has 0 saturated carbocycles. The number of hydrogen-bond donors (Lipinski definition) is 0. The van der Waals surface area contributed by atoms with Gasteiger partial charge < -0.3 is 0 Å². The van der Waals surface area contributed by atoms with Crippen molar-refractivity contribution in [2.24, 2.45) is 0 Å². The highest BCUT2D eigenvalue weighted by atomic mass is 35.7. The van der Waals surface area contributed by atoms with Crippen molar-refractivity contribution in [2.75, 3.05) is 0 Å². The number of halogens is 2. The van der Waals surface area contributed by atoms with Crippen molar-refractivity contribution in [1.29, 1.82) is 0 Å². The lowest BCUT2D eigenvalue weighted by atomic mass is 10.1. The molecule has 0 unspecified atom stereocenters. The van der Waals surface area contributed by atoms with E-state index in [1.807, 2.05) is 0 Å². The summed E-state index contributed by atoms with van der Waals surface area (Å²) in [6.07, 6.45) is 0. The maximum absolute atomic E-state index is 13.0. The molecule has 0 heterocycles. The second-order valence-electron chi connectivity index (χ2n) is 3.06. The van der Waals surface area contributed by atoms with Gasteiger partial charge in [-0.2, -0.15) is 0 Å². The molecule has 78 valence electrons. The first-order valence-corrected chi connectivity index (χ1v) is 6.42. The third kappa shape index (κ3) is 1.96. The normalized spacial score (nSPS) is 11.9. The van der Waals surface area contributed by atoms with Crippen LogP contribution in [0.25, 0.3) is 10.8 Å². The monoisotopic (exact) mass is 244 g/mol. The van der Waals surface area contributed by atoms with Gasteiger partial charge in [0.1, 0.15) is 5.82 Å². The lowest BCUT2D eigenvalue weighted by Crippen LogP contribution is -1.92. The van der Waals surface area contributed by atoms with Crippen LogP contribution in [0.3, 0.4) is 0 Å². The molecule has 2 nitrogen and oxygen atoms in total. The summed E-state index contributed by atoms with van der Waals surface area (Å²) in [5, 5.41) is 0.936. The fourth-order valence-corrected chi connectivity index (χ4v) is 2.51. The molecule has 2 aromatic carbocycles. The van der Waals surface area contributed by atoms with E-state index in [-0.39, 0.29) is 4.90 Å². The molecule has 0 N–H and O–H groups in total. The van der Waals surface area contributed by atoms with Crippen LogP contribution in [0.4, 0.5) is 4.39 Å². The largest absolute Gasteiger partial charge is 0.261 e. The van der Waals surface area contributed by atoms with Crippen molar-refractivity contribution in [3.63, 3.8) is 0 Å². The van der Waals surface area contributed by atoms with Gasteiger partial charge in [-0.15, -0.1) is 0 Å². The van der Waals surface area contributed by atoms with Crippen molar-refractivity contribution >= 4 is 30.5 Å². The molecular weight excluding hydrogens is 239 g/mol. The van der Waals surface area contributed by atoms with E-state index in [0.29, 0.717) is 10.8 Å². The van der Waals surface area contributed by atoms with Gasteiger partial charge in [-0.1, -0.05) is 18.2 Å². The zero-order valence-corrected chi connectivity index (χ0v) is 9.02. The van der Waals surface area contributed by atoms with E-state index in [0.717, 1.165) is 6.07 Å². The van der Waals surface area contributed by atoms with Gasteiger partial charge in [-0.05, 0) is 23.6 Å². The van der Waals surface area contributed by atoms with Gasteiger partial charge in [-0.3, -0.25) is 0 Å². The van der Waals surface area contributed by atoms with Crippen LogP contribution in [0, 0.1) is 5.82 Å². The first kappa shape index (κ1) is 10.4. The molecule has 0 atom stereocenters.